The number of anilines is 2. The van der Waals surface area contributed by atoms with Crippen LogP contribution in [-0.2, 0) is 0 Å². The fourth-order valence-corrected chi connectivity index (χ4v) is 2.12. The maximum atomic E-state index is 9.01. The van der Waals surface area contributed by atoms with Crippen LogP contribution >= 0.6 is 0 Å². The van der Waals surface area contributed by atoms with Crippen molar-refractivity contribution in [2.45, 2.75) is 38.6 Å². The summed E-state index contributed by atoms with van der Waals surface area (Å²) in [5.74, 6) is 0. The highest BCUT2D eigenvalue weighted by Gasteiger charge is 2.30. The van der Waals surface area contributed by atoms with Crippen molar-refractivity contribution >= 4 is 11.4 Å². The monoisotopic (exact) mass is 229 g/mol. The highest BCUT2D eigenvalue weighted by molar-refractivity contribution is 5.74. The lowest BCUT2D eigenvalue weighted by molar-refractivity contribution is 0.714. The fourth-order valence-electron chi connectivity index (χ4n) is 2.12. The lowest BCUT2D eigenvalue weighted by atomic mass is 10.1. The molecule has 0 spiro atoms. The topological polar surface area (TPSA) is 53.0 Å². The average Bonchev–Trinajstić information content (AvgIpc) is 3.16. The molecular weight excluding hydrogens is 210 g/mol. The minimum absolute atomic E-state index is 0.588. The van der Waals surface area contributed by atoms with Gasteiger partial charge in [-0.2, -0.15) is 5.26 Å². The molecule has 0 bridgehead atoms. The van der Waals surface area contributed by atoms with Crippen molar-refractivity contribution in [2.24, 2.45) is 0 Å². The standard InChI is InChI=1S/C14H19N3/c1-2-3-9-17(12-7-8-12)13-6-4-5-11(10-15)14(13)16/h4-6,12H,2-3,7-9,16H2,1H3. The summed E-state index contributed by atoms with van der Waals surface area (Å²) >= 11 is 0. The molecule has 3 nitrogen and oxygen atoms in total. The number of hydrogen-bond donors (Lipinski definition) is 1. The van der Waals surface area contributed by atoms with Crippen LogP contribution in [0.15, 0.2) is 18.2 Å². The zero-order valence-corrected chi connectivity index (χ0v) is 10.3. The zero-order chi connectivity index (χ0) is 12.3. The van der Waals surface area contributed by atoms with Crippen molar-refractivity contribution in [3.05, 3.63) is 23.8 Å². The molecule has 0 heterocycles. The number of nitrogens with two attached hydrogens (primary N) is 1. The second-order valence-electron chi connectivity index (χ2n) is 4.63. The third kappa shape index (κ3) is 2.52. The summed E-state index contributed by atoms with van der Waals surface area (Å²) in [5.41, 5.74) is 8.33. The first-order valence-electron chi connectivity index (χ1n) is 6.33. The quantitative estimate of drug-likeness (QED) is 0.790. The molecule has 0 aliphatic heterocycles. The van der Waals surface area contributed by atoms with Gasteiger partial charge >= 0.3 is 0 Å². The van der Waals surface area contributed by atoms with Gasteiger partial charge in [-0.15, -0.1) is 0 Å². The van der Waals surface area contributed by atoms with E-state index in [1.807, 2.05) is 12.1 Å². The van der Waals surface area contributed by atoms with E-state index in [1.165, 1.54) is 25.7 Å². The van der Waals surface area contributed by atoms with Gasteiger partial charge in [-0.1, -0.05) is 19.4 Å². The molecular formula is C14H19N3. The molecule has 0 unspecified atom stereocenters. The number of benzene rings is 1. The van der Waals surface area contributed by atoms with E-state index in [0.717, 1.165) is 12.2 Å². The molecule has 1 aliphatic carbocycles. The number of nitriles is 1. The Morgan fingerprint density at radius 3 is 2.82 bits per heavy atom. The predicted molar refractivity (Wildman–Crippen MR) is 70.8 cm³/mol. The predicted octanol–water partition coefficient (Wildman–Crippen LogP) is 2.91. The van der Waals surface area contributed by atoms with Crippen LogP contribution in [0.3, 0.4) is 0 Å². The lowest BCUT2D eigenvalue weighted by Gasteiger charge is -2.26. The molecule has 3 heteroatoms. The minimum Gasteiger partial charge on any atom is -0.396 e. The first kappa shape index (κ1) is 11.8. The Hall–Kier alpha value is -1.69. The Kier molecular flexibility index (Phi) is 3.53. The maximum Gasteiger partial charge on any atom is 0.101 e. The van der Waals surface area contributed by atoms with Crippen LogP contribution in [0, 0.1) is 11.3 Å². The molecule has 1 saturated carbocycles. The van der Waals surface area contributed by atoms with Crippen LogP contribution in [-0.4, -0.2) is 12.6 Å². The van der Waals surface area contributed by atoms with Gasteiger partial charge in [-0.3, -0.25) is 0 Å². The molecule has 17 heavy (non-hydrogen) atoms. The van der Waals surface area contributed by atoms with E-state index in [0.29, 0.717) is 17.3 Å². The normalized spacial score (nSPS) is 14.4. The number of rotatable bonds is 5. The van der Waals surface area contributed by atoms with Crippen LogP contribution in [0.1, 0.15) is 38.2 Å². The van der Waals surface area contributed by atoms with Crippen LogP contribution in [0.2, 0.25) is 0 Å². The van der Waals surface area contributed by atoms with E-state index in [2.05, 4.69) is 17.9 Å². The van der Waals surface area contributed by atoms with Crippen molar-refractivity contribution in [3.63, 3.8) is 0 Å². The molecule has 0 aromatic heterocycles. The smallest absolute Gasteiger partial charge is 0.101 e. The van der Waals surface area contributed by atoms with E-state index in [4.69, 9.17) is 11.0 Å². The summed E-state index contributed by atoms with van der Waals surface area (Å²) in [6, 6.07) is 8.53. The highest BCUT2D eigenvalue weighted by Crippen LogP contribution is 2.36. The lowest BCUT2D eigenvalue weighted by Crippen LogP contribution is -2.27. The van der Waals surface area contributed by atoms with Gasteiger partial charge < -0.3 is 10.6 Å². The Labute approximate surface area is 103 Å². The number of hydrogen-bond acceptors (Lipinski definition) is 3. The van der Waals surface area contributed by atoms with Gasteiger partial charge in [0.05, 0.1) is 16.9 Å². The summed E-state index contributed by atoms with van der Waals surface area (Å²) in [5, 5.41) is 9.01. The van der Waals surface area contributed by atoms with Gasteiger partial charge in [-0.05, 0) is 31.4 Å². The Bertz CT molecular complexity index is 430. The van der Waals surface area contributed by atoms with Crippen molar-refractivity contribution in [1.29, 1.82) is 5.26 Å². The number of nitrogens with zero attached hydrogens (tertiary/aromatic N) is 2. The second kappa shape index (κ2) is 5.09. The number of nitrogen functional groups attached to an aromatic ring is 1. The molecule has 2 rings (SSSR count). The molecule has 0 radical (unpaired) electrons. The van der Waals surface area contributed by atoms with E-state index < -0.39 is 0 Å². The maximum absolute atomic E-state index is 9.01. The first-order valence-corrected chi connectivity index (χ1v) is 6.33. The summed E-state index contributed by atoms with van der Waals surface area (Å²) < 4.78 is 0. The molecule has 1 aliphatic rings. The van der Waals surface area contributed by atoms with E-state index in [9.17, 15) is 0 Å². The highest BCUT2D eigenvalue weighted by atomic mass is 15.2. The fraction of sp³-hybridized carbons (Fsp3) is 0.500. The second-order valence-corrected chi connectivity index (χ2v) is 4.63. The van der Waals surface area contributed by atoms with E-state index >= 15 is 0 Å². The van der Waals surface area contributed by atoms with Crippen LogP contribution in [0.4, 0.5) is 11.4 Å². The van der Waals surface area contributed by atoms with Crippen molar-refractivity contribution in [2.75, 3.05) is 17.2 Å². The molecule has 0 atom stereocenters. The van der Waals surface area contributed by atoms with Gasteiger partial charge in [0.2, 0.25) is 0 Å². The Morgan fingerprint density at radius 2 is 2.24 bits per heavy atom. The van der Waals surface area contributed by atoms with Gasteiger partial charge in [0.15, 0.2) is 0 Å². The zero-order valence-electron chi connectivity index (χ0n) is 10.3. The average molecular weight is 229 g/mol. The molecule has 0 saturated heterocycles. The largest absolute Gasteiger partial charge is 0.396 e. The molecule has 90 valence electrons. The molecule has 2 N–H and O–H groups in total. The summed E-state index contributed by atoms with van der Waals surface area (Å²) in [6.07, 6.45) is 4.85. The number of para-hydroxylation sites is 1. The van der Waals surface area contributed by atoms with E-state index in [-0.39, 0.29) is 0 Å². The molecule has 1 aromatic carbocycles. The van der Waals surface area contributed by atoms with Crippen LogP contribution in [0.5, 0.6) is 0 Å². The minimum atomic E-state index is 0.588. The van der Waals surface area contributed by atoms with Gasteiger partial charge in [0.25, 0.3) is 0 Å². The third-order valence-corrected chi connectivity index (χ3v) is 3.25. The Balaban J connectivity index is 2.26. The van der Waals surface area contributed by atoms with Crippen LogP contribution in [0.25, 0.3) is 0 Å². The summed E-state index contributed by atoms with van der Waals surface area (Å²) in [7, 11) is 0. The molecule has 1 aromatic rings. The summed E-state index contributed by atoms with van der Waals surface area (Å²) in [6.45, 7) is 3.24. The van der Waals surface area contributed by atoms with Crippen molar-refractivity contribution in [1.82, 2.24) is 0 Å². The first-order chi connectivity index (χ1) is 8.27. The third-order valence-electron chi connectivity index (χ3n) is 3.25. The van der Waals surface area contributed by atoms with Crippen molar-refractivity contribution in [3.8, 4) is 6.07 Å². The SMILES string of the molecule is CCCCN(c1cccc(C#N)c1N)C1CC1. The molecule has 1 fully saturated rings. The van der Waals surface area contributed by atoms with E-state index in [1.54, 1.807) is 6.07 Å². The molecule has 0 amide bonds. The van der Waals surface area contributed by atoms with Crippen molar-refractivity contribution < 1.29 is 0 Å². The summed E-state index contributed by atoms with van der Waals surface area (Å²) in [4.78, 5) is 2.37. The number of unbranched alkanes of at least 4 members (excludes halogenated alkanes) is 1. The van der Waals surface area contributed by atoms with Gasteiger partial charge in [-0.25, -0.2) is 0 Å². The Morgan fingerprint density at radius 1 is 1.47 bits per heavy atom. The van der Waals surface area contributed by atoms with Crippen LogP contribution < -0.4 is 10.6 Å². The van der Waals surface area contributed by atoms with Gasteiger partial charge in [0, 0.05) is 12.6 Å². The van der Waals surface area contributed by atoms with Gasteiger partial charge in [0.1, 0.15) is 6.07 Å².